The van der Waals surface area contributed by atoms with Crippen molar-refractivity contribution in [1.82, 2.24) is 0 Å². The first-order valence-corrected chi connectivity index (χ1v) is 4.55. The van der Waals surface area contributed by atoms with Crippen LogP contribution in [0.3, 0.4) is 0 Å². The van der Waals surface area contributed by atoms with Gasteiger partial charge in [0.1, 0.15) is 5.54 Å². The van der Waals surface area contributed by atoms with Crippen molar-refractivity contribution in [2.75, 3.05) is 7.11 Å². The predicted octanol–water partition coefficient (Wildman–Crippen LogP) is 1.03. The van der Waals surface area contributed by atoms with Crippen LogP contribution in [0.5, 0.6) is 0 Å². The van der Waals surface area contributed by atoms with Crippen molar-refractivity contribution in [3.8, 4) is 0 Å². The Morgan fingerprint density at radius 1 is 1.64 bits per heavy atom. The van der Waals surface area contributed by atoms with Crippen molar-refractivity contribution in [3.05, 3.63) is 0 Å². The summed E-state index contributed by atoms with van der Waals surface area (Å²) in [7, 11) is 1.65. The van der Waals surface area contributed by atoms with E-state index in [4.69, 9.17) is 15.6 Å². The SMILES string of the molecule is COC1CC[C@@](N)(C(=O)O)[C@@H](C)C1.Cl. The van der Waals surface area contributed by atoms with Gasteiger partial charge >= 0.3 is 5.97 Å². The molecule has 1 rings (SSSR count). The number of nitrogens with two attached hydrogens (primary N) is 1. The van der Waals surface area contributed by atoms with E-state index in [9.17, 15) is 4.79 Å². The van der Waals surface area contributed by atoms with Crippen LogP contribution in [0.2, 0.25) is 0 Å². The van der Waals surface area contributed by atoms with Crippen molar-refractivity contribution in [1.29, 1.82) is 0 Å². The lowest BCUT2D eigenvalue weighted by atomic mass is 9.73. The fourth-order valence-electron chi connectivity index (χ4n) is 1.90. The van der Waals surface area contributed by atoms with E-state index in [0.717, 1.165) is 12.8 Å². The Hall–Kier alpha value is -0.320. The lowest BCUT2D eigenvalue weighted by Gasteiger charge is -2.38. The smallest absolute Gasteiger partial charge is 0.323 e. The highest BCUT2D eigenvalue weighted by molar-refractivity contribution is 5.85. The van der Waals surface area contributed by atoms with E-state index in [1.54, 1.807) is 7.11 Å². The second-order valence-corrected chi connectivity index (χ2v) is 3.88. The minimum Gasteiger partial charge on any atom is -0.480 e. The molecule has 3 atom stereocenters. The summed E-state index contributed by atoms with van der Waals surface area (Å²) in [6, 6.07) is 0. The van der Waals surface area contributed by atoms with Crippen LogP contribution in [0.1, 0.15) is 26.2 Å². The third-order valence-electron chi connectivity index (χ3n) is 3.11. The first kappa shape index (κ1) is 13.7. The van der Waals surface area contributed by atoms with Crippen molar-refractivity contribution in [2.45, 2.75) is 37.8 Å². The van der Waals surface area contributed by atoms with Crippen LogP contribution >= 0.6 is 12.4 Å². The highest BCUT2D eigenvalue weighted by Crippen LogP contribution is 2.33. The zero-order valence-corrected chi connectivity index (χ0v) is 9.34. The number of carboxylic acid groups (broad SMARTS) is 1. The fourth-order valence-corrected chi connectivity index (χ4v) is 1.90. The molecule has 0 aromatic carbocycles. The van der Waals surface area contributed by atoms with Crippen LogP contribution in [0.25, 0.3) is 0 Å². The van der Waals surface area contributed by atoms with Crippen molar-refractivity contribution < 1.29 is 14.6 Å². The quantitative estimate of drug-likeness (QED) is 0.734. The Morgan fingerprint density at radius 3 is 2.57 bits per heavy atom. The maximum atomic E-state index is 10.9. The van der Waals surface area contributed by atoms with Gasteiger partial charge in [0.25, 0.3) is 0 Å². The first-order chi connectivity index (χ1) is 6.00. The van der Waals surface area contributed by atoms with Gasteiger partial charge in [-0.15, -0.1) is 12.4 Å². The van der Waals surface area contributed by atoms with Gasteiger partial charge < -0.3 is 15.6 Å². The highest BCUT2D eigenvalue weighted by Gasteiger charge is 2.44. The topological polar surface area (TPSA) is 72.5 Å². The van der Waals surface area contributed by atoms with Gasteiger partial charge in [-0.3, -0.25) is 4.79 Å². The third kappa shape index (κ3) is 2.38. The molecule has 0 aliphatic heterocycles. The molecular weight excluding hydrogens is 206 g/mol. The summed E-state index contributed by atoms with van der Waals surface area (Å²) in [6.45, 7) is 1.87. The first-order valence-electron chi connectivity index (χ1n) is 4.55. The average Bonchev–Trinajstić information content (AvgIpc) is 2.09. The summed E-state index contributed by atoms with van der Waals surface area (Å²) in [4.78, 5) is 10.9. The van der Waals surface area contributed by atoms with Gasteiger partial charge in [0.2, 0.25) is 0 Å². The standard InChI is InChI=1S/C9H17NO3.ClH/c1-6-5-7(13-2)3-4-9(6,10)8(11)12;/h6-7H,3-5,10H2,1-2H3,(H,11,12);1H/t6-,7?,9-;/m0./s1. The summed E-state index contributed by atoms with van der Waals surface area (Å²) >= 11 is 0. The number of halogens is 1. The largest absolute Gasteiger partial charge is 0.480 e. The summed E-state index contributed by atoms with van der Waals surface area (Å²) in [5, 5.41) is 8.96. The molecule has 0 spiro atoms. The Kier molecular flexibility index (Phi) is 4.84. The molecule has 1 aliphatic carbocycles. The molecule has 1 fully saturated rings. The van der Waals surface area contributed by atoms with E-state index >= 15 is 0 Å². The minimum atomic E-state index is -1.05. The maximum Gasteiger partial charge on any atom is 0.323 e. The van der Waals surface area contributed by atoms with Gasteiger partial charge in [0.15, 0.2) is 0 Å². The zero-order chi connectivity index (χ0) is 10.1. The van der Waals surface area contributed by atoms with Crippen LogP contribution in [0, 0.1) is 5.92 Å². The normalized spacial score (nSPS) is 37.4. The van der Waals surface area contributed by atoms with E-state index in [1.807, 2.05) is 6.92 Å². The van der Waals surface area contributed by atoms with E-state index in [2.05, 4.69) is 0 Å². The number of aliphatic carboxylic acids is 1. The van der Waals surface area contributed by atoms with Crippen LogP contribution in [-0.2, 0) is 9.53 Å². The molecule has 0 aromatic heterocycles. The lowest BCUT2D eigenvalue weighted by Crippen LogP contribution is -2.56. The van der Waals surface area contributed by atoms with Crippen LogP contribution in [-0.4, -0.2) is 29.8 Å². The Balaban J connectivity index is 0.00000169. The molecule has 0 heterocycles. The minimum absolute atomic E-state index is 0. The van der Waals surface area contributed by atoms with E-state index in [1.165, 1.54) is 0 Å². The molecule has 1 aliphatic rings. The Morgan fingerprint density at radius 2 is 2.21 bits per heavy atom. The van der Waals surface area contributed by atoms with Gasteiger partial charge in [-0.25, -0.2) is 0 Å². The number of carboxylic acids is 1. The van der Waals surface area contributed by atoms with Gasteiger partial charge in [-0.05, 0) is 25.2 Å². The molecule has 0 bridgehead atoms. The molecule has 4 nitrogen and oxygen atoms in total. The molecule has 0 amide bonds. The number of ether oxygens (including phenoxy) is 1. The lowest BCUT2D eigenvalue weighted by molar-refractivity contribution is -0.148. The second kappa shape index (κ2) is 4.96. The fraction of sp³-hybridized carbons (Fsp3) is 0.889. The summed E-state index contributed by atoms with van der Waals surface area (Å²) in [6.07, 6.45) is 2.15. The molecule has 1 unspecified atom stereocenters. The monoisotopic (exact) mass is 223 g/mol. The van der Waals surface area contributed by atoms with E-state index in [0.29, 0.717) is 6.42 Å². The molecule has 0 radical (unpaired) electrons. The molecule has 14 heavy (non-hydrogen) atoms. The second-order valence-electron chi connectivity index (χ2n) is 3.88. The number of hydrogen-bond donors (Lipinski definition) is 2. The average molecular weight is 224 g/mol. The Bertz CT molecular complexity index is 212. The highest BCUT2D eigenvalue weighted by atomic mass is 35.5. The van der Waals surface area contributed by atoms with Crippen molar-refractivity contribution in [3.63, 3.8) is 0 Å². The summed E-state index contributed by atoms with van der Waals surface area (Å²) in [5.74, 6) is -0.918. The van der Waals surface area contributed by atoms with Crippen molar-refractivity contribution >= 4 is 18.4 Å². The van der Waals surface area contributed by atoms with Crippen LogP contribution in [0.4, 0.5) is 0 Å². The molecule has 0 saturated heterocycles. The zero-order valence-electron chi connectivity index (χ0n) is 8.53. The third-order valence-corrected chi connectivity index (χ3v) is 3.11. The molecule has 0 aromatic rings. The molecular formula is C9H18ClNO3. The number of hydrogen-bond acceptors (Lipinski definition) is 3. The van der Waals surface area contributed by atoms with Gasteiger partial charge in [-0.2, -0.15) is 0 Å². The number of rotatable bonds is 2. The number of methoxy groups -OCH3 is 1. The Labute approximate surface area is 90.2 Å². The van der Waals surface area contributed by atoms with Gasteiger partial charge in [-0.1, -0.05) is 6.92 Å². The van der Waals surface area contributed by atoms with E-state index in [-0.39, 0.29) is 24.4 Å². The molecule has 1 saturated carbocycles. The summed E-state index contributed by atoms with van der Waals surface area (Å²) in [5.41, 5.74) is 4.76. The molecule has 5 heteroatoms. The maximum absolute atomic E-state index is 10.9. The van der Waals surface area contributed by atoms with E-state index < -0.39 is 11.5 Å². The van der Waals surface area contributed by atoms with Gasteiger partial charge in [0.05, 0.1) is 6.10 Å². The van der Waals surface area contributed by atoms with Crippen molar-refractivity contribution in [2.24, 2.45) is 11.7 Å². The van der Waals surface area contributed by atoms with Crippen LogP contribution in [0.15, 0.2) is 0 Å². The predicted molar refractivity (Wildman–Crippen MR) is 55.6 cm³/mol. The van der Waals surface area contributed by atoms with Crippen LogP contribution < -0.4 is 5.73 Å². The number of carbonyl (C=O) groups is 1. The molecule has 84 valence electrons. The summed E-state index contributed by atoms with van der Waals surface area (Å²) < 4.78 is 5.19. The molecule has 3 N–H and O–H groups in total. The van der Waals surface area contributed by atoms with Gasteiger partial charge in [0, 0.05) is 7.11 Å².